The molecule has 5 rings (SSSR count). The monoisotopic (exact) mass is 452 g/mol. The minimum absolute atomic E-state index is 0.0319. The van der Waals surface area contributed by atoms with Crippen LogP contribution >= 0.6 is 11.5 Å². The zero-order valence-electron chi connectivity index (χ0n) is 17.8. The van der Waals surface area contributed by atoms with Gasteiger partial charge in [-0.15, -0.1) is 0 Å². The van der Waals surface area contributed by atoms with Crippen LogP contribution in [0.4, 0.5) is 0 Å². The number of phenolic OH excluding ortho intramolecular Hbond substituents is 1. The highest BCUT2D eigenvalue weighted by atomic mass is 32.1. The minimum Gasteiger partial charge on any atom is -0.506 e. The van der Waals surface area contributed by atoms with E-state index in [4.69, 9.17) is 4.74 Å². The number of hydrogen-bond acceptors (Lipinski definition) is 7. The fourth-order valence-corrected chi connectivity index (χ4v) is 5.42. The predicted molar refractivity (Wildman–Crippen MR) is 125 cm³/mol. The van der Waals surface area contributed by atoms with Crippen molar-refractivity contribution >= 4 is 32.7 Å². The molecule has 1 fully saturated rings. The molecule has 3 heterocycles. The normalized spacial score (nSPS) is 14.7. The Morgan fingerprint density at radius 2 is 2.00 bits per heavy atom. The molecule has 32 heavy (non-hydrogen) atoms. The van der Waals surface area contributed by atoms with Gasteiger partial charge in [0, 0.05) is 25.8 Å². The molecule has 4 aromatic rings. The van der Waals surface area contributed by atoms with E-state index in [-0.39, 0.29) is 22.6 Å². The van der Waals surface area contributed by atoms with Crippen LogP contribution in [0.5, 0.6) is 5.75 Å². The Hall–Kier alpha value is -3.01. The molecule has 0 radical (unpaired) electrons. The number of H-pyrrole nitrogens is 1. The van der Waals surface area contributed by atoms with Crippen LogP contribution in [0.2, 0.25) is 0 Å². The summed E-state index contributed by atoms with van der Waals surface area (Å²) < 4.78 is 7.60. The smallest absolute Gasteiger partial charge is 0.275 e. The highest BCUT2D eigenvalue weighted by Gasteiger charge is 2.18. The number of phenols is 1. The maximum atomic E-state index is 13.0. The average Bonchev–Trinajstić information content (AvgIpc) is 3.40. The van der Waals surface area contributed by atoms with Crippen molar-refractivity contribution in [3.05, 3.63) is 56.6 Å². The van der Waals surface area contributed by atoms with Gasteiger partial charge in [0.2, 0.25) is 0 Å². The van der Waals surface area contributed by atoms with Crippen LogP contribution in [0.25, 0.3) is 32.4 Å². The molecule has 0 amide bonds. The van der Waals surface area contributed by atoms with E-state index in [2.05, 4.69) is 14.9 Å². The quantitative estimate of drug-likeness (QED) is 0.467. The molecule has 8 nitrogen and oxygen atoms in total. The van der Waals surface area contributed by atoms with Crippen molar-refractivity contribution in [3.63, 3.8) is 0 Å². The van der Waals surface area contributed by atoms with Gasteiger partial charge in [0.1, 0.15) is 17.0 Å². The van der Waals surface area contributed by atoms with Crippen LogP contribution in [-0.2, 0) is 17.9 Å². The number of fused-ring (bicyclic) bond motifs is 2. The number of nitrogens with zero attached hydrogens (tertiary/aromatic N) is 3. The van der Waals surface area contributed by atoms with E-state index in [0.29, 0.717) is 35.1 Å². The molecule has 9 heteroatoms. The molecule has 0 bridgehead atoms. The maximum absolute atomic E-state index is 13.0. The van der Waals surface area contributed by atoms with Crippen molar-refractivity contribution in [2.75, 3.05) is 26.7 Å². The highest BCUT2D eigenvalue weighted by molar-refractivity contribution is 7.14. The fraction of sp³-hybridized carbons (Fsp3) is 0.348. The Labute approximate surface area is 187 Å². The number of likely N-dealkylation sites (tertiary alicyclic amines) is 1. The molecule has 2 aromatic carbocycles. The number of methoxy groups -OCH3 is 1. The molecule has 2 N–H and O–H groups in total. The molecule has 166 valence electrons. The number of aromatic hydroxyl groups is 1. The Morgan fingerprint density at radius 1 is 1.19 bits per heavy atom. The predicted octanol–water partition coefficient (Wildman–Crippen LogP) is 2.91. The number of nitrogens with one attached hydrogen (secondary N) is 1. The molecule has 1 aliphatic rings. The number of aromatic amines is 1. The molecule has 2 aromatic heterocycles. The van der Waals surface area contributed by atoms with Crippen LogP contribution in [0.3, 0.4) is 0 Å². The van der Waals surface area contributed by atoms with Crippen LogP contribution in [-0.4, -0.2) is 50.7 Å². The van der Waals surface area contributed by atoms with Gasteiger partial charge in [-0.05, 0) is 49.7 Å². The maximum Gasteiger partial charge on any atom is 0.275 e. The number of benzene rings is 2. The van der Waals surface area contributed by atoms with Gasteiger partial charge in [0.15, 0.2) is 0 Å². The third-order valence-corrected chi connectivity index (χ3v) is 7.09. The molecule has 0 unspecified atom stereocenters. The zero-order valence-corrected chi connectivity index (χ0v) is 18.6. The largest absolute Gasteiger partial charge is 0.506 e. The summed E-state index contributed by atoms with van der Waals surface area (Å²) in [5.41, 5.74) is 1.84. The van der Waals surface area contributed by atoms with Crippen molar-refractivity contribution in [3.8, 4) is 17.0 Å². The first-order valence-electron chi connectivity index (χ1n) is 10.7. The topological polar surface area (TPSA) is 100 Å². The lowest BCUT2D eigenvalue weighted by Gasteiger charge is -2.13. The molecular formula is C23H24N4O4S. The SMILES string of the molecule is COCc1cc(O)c2nc(-c3cccc4c(=O)n(CCN5CCCC5)sc34)c(=O)[nH]c2c1. The summed E-state index contributed by atoms with van der Waals surface area (Å²) in [4.78, 5) is 35.6. The van der Waals surface area contributed by atoms with Crippen LogP contribution in [0.15, 0.2) is 39.9 Å². The third kappa shape index (κ3) is 3.72. The van der Waals surface area contributed by atoms with Crippen molar-refractivity contribution in [1.29, 1.82) is 0 Å². The van der Waals surface area contributed by atoms with E-state index in [0.717, 1.165) is 29.9 Å². The van der Waals surface area contributed by atoms with Crippen LogP contribution in [0.1, 0.15) is 18.4 Å². The van der Waals surface area contributed by atoms with Gasteiger partial charge >= 0.3 is 0 Å². The standard InChI is InChI=1S/C23H24N4O4S/c1-31-13-14-11-17-20(18(28)12-14)25-19(22(29)24-17)15-5-4-6-16-21(15)32-27(23(16)30)10-9-26-7-2-3-8-26/h4-6,11-12,28H,2-3,7-10,13H2,1H3,(H,24,29). The van der Waals surface area contributed by atoms with Gasteiger partial charge in [-0.25, -0.2) is 4.98 Å². The van der Waals surface area contributed by atoms with Crippen LogP contribution < -0.4 is 11.1 Å². The summed E-state index contributed by atoms with van der Waals surface area (Å²) in [7, 11) is 1.56. The summed E-state index contributed by atoms with van der Waals surface area (Å²) in [6.07, 6.45) is 2.42. The molecule has 1 aliphatic heterocycles. The first-order chi connectivity index (χ1) is 15.5. The zero-order chi connectivity index (χ0) is 22.2. The van der Waals surface area contributed by atoms with E-state index in [9.17, 15) is 14.7 Å². The van der Waals surface area contributed by atoms with E-state index < -0.39 is 0 Å². The molecule has 0 atom stereocenters. The minimum atomic E-state index is -0.372. The average molecular weight is 453 g/mol. The lowest BCUT2D eigenvalue weighted by atomic mass is 10.1. The van der Waals surface area contributed by atoms with E-state index in [1.54, 1.807) is 41.4 Å². The second-order valence-electron chi connectivity index (χ2n) is 8.09. The second kappa shape index (κ2) is 8.50. The van der Waals surface area contributed by atoms with Gasteiger partial charge in [-0.2, -0.15) is 0 Å². The number of rotatable bonds is 6. The fourth-order valence-electron chi connectivity index (χ4n) is 4.33. The number of aromatic nitrogens is 3. The van der Waals surface area contributed by atoms with Gasteiger partial charge in [0.25, 0.3) is 11.1 Å². The van der Waals surface area contributed by atoms with Crippen molar-refractivity contribution < 1.29 is 9.84 Å². The number of ether oxygens (including phenoxy) is 1. The summed E-state index contributed by atoms with van der Waals surface area (Å²) in [5.74, 6) is -0.0319. The lowest BCUT2D eigenvalue weighted by molar-refractivity contribution is 0.185. The van der Waals surface area contributed by atoms with Gasteiger partial charge < -0.3 is 19.7 Å². The van der Waals surface area contributed by atoms with Crippen molar-refractivity contribution in [1.82, 2.24) is 18.8 Å². The Kier molecular flexibility index (Phi) is 5.54. The van der Waals surface area contributed by atoms with Gasteiger partial charge in [-0.1, -0.05) is 23.7 Å². The summed E-state index contributed by atoms with van der Waals surface area (Å²) in [6.45, 7) is 3.94. The van der Waals surface area contributed by atoms with E-state index in [1.807, 2.05) is 0 Å². The number of hydrogen-bond donors (Lipinski definition) is 2. The van der Waals surface area contributed by atoms with Gasteiger partial charge in [0.05, 0.1) is 22.2 Å². The molecule has 1 saturated heterocycles. The molecule has 0 aliphatic carbocycles. The Balaban J connectivity index is 1.59. The summed E-state index contributed by atoms with van der Waals surface area (Å²) in [5, 5.41) is 11.1. The molecule has 0 saturated carbocycles. The lowest BCUT2D eigenvalue weighted by Crippen LogP contribution is -2.26. The summed E-state index contributed by atoms with van der Waals surface area (Å²) in [6, 6.07) is 8.67. The highest BCUT2D eigenvalue weighted by Crippen LogP contribution is 2.30. The Morgan fingerprint density at radius 3 is 2.78 bits per heavy atom. The van der Waals surface area contributed by atoms with Gasteiger partial charge in [-0.3, -0.25) is 13.5 Å². The third-order valence-electron chi connectivity index (χ3n) is 5.89. The molecule has 0 spiro atoms. The van der Waals surface area contributed by atoms with E-state index in [1.165, 1.54) is 24.4 Å². The first kappa shape index (κ1) is 20.9. The van der Waals surface area contributed by atoms with Crippen LogP contribution in [0, 0.1) is 0 Å². The first-order valence-corrected chi connectivity index (χ1v) is 11.4. The Bertz CT molecular complexity index is 1420. The van der Waals surface area contributed by atoms with Crippen molar-refractivity contribution in [2.24, 2.45) is 0 Å². The summed E-state index contributed by atoms with van der Waals surface area (Å²) >= 11 is 1.36. The molecular weight excluding hydrogens is 428 g/mol. The van der Waals surface area contributed by atoms with E-state index >= 15 is 0 Å². The second-order valence-corrected chi connectivity index (χ2v) is 9.12. The van der Waals surface area contributed by atoms with Crippen molar-refractivity contribution in [2.45, 2.75) is 26.0 Å².